The lowest BCUT2D eigenvalue weighted by atomic mass is 9.94. The summed E-state index contributed by atoms with van der Waals surface area (Å²) in [6.07, 6.45) is 4.23. The molecule has 1 aliphatic heterocycles. The summed E-state index contributed by atoms with van der Waals surface area (Å²) in [4.78, 5) is 9.33. The Kier molecular flexibility index (Phi) is 3.93. The zero-order valence-corrected chi connectivity index (χ0v) is 13.7. The Hall–Kier alpha value is -1.13. The fourth-order valence-corrected chi connectivity index (χ4v) is 3.22. The molecule has 2 aromatic heterocycles. The van der Waals surface area contributed by atoms with Crippen LogP contribution < -0.4 is 5.32 Å². The first-order chi connectivity index (χ1) is 9.95. The van der Waals surface area contributed by atoms with Gasteiger partial charge in [-0.1, -0.05) is 32.4 Å². The van der Waals surface area contributed by atoms with Crippen molar-refractivity contribution in [2.75, 3.05) is 13.1 Å². The summed E-state index contributed by atoms with van der Waals surface area (Å²) >= 11 is 6.06. The molecule has 0 amide bonds. The number of pyridine rings is 1. The molecule has 2 aromatic rings. The number of piperidine rings is 1. The van der Waals surface area contributed by atoms with Crippen LogP contribution in [-0.2, 0) is 12.0 Å². The van der Waals surface area contributed by atoms with Crippen LogP contribution in [0.25, 0.3) is 11.2 Å². The molecule has 0 saturated carbocycles. The number of hydrogen-bond acceptors (Lipinski definition) is 3. The average Bonchev–Trinajstić information content (AvgIpc) is 2.78. The SMILES string of the molecule is CC(C)(C)c1nc2cc(Cl)cnc2n1CC1CCCNC1. The molecule has 1 fully saturated rings. The predicted molar refractivity (Wildman–Crippen MR) is 86.8 cm³/mol. The molecule has 0 radical (unpaired) electrons. The van der Waals surface area contributed by atoms with E-state index in [-0.39, 0.29) is 5.41 Å². The average molecular weight is 307 g/mol. The van der Waals surface area contributed by atoms with Gasteiger partial charge in [0, 0.05) is 18.2 Å². The van der Waals surface area contributed by atoms with Crippen molar-refractivity contribution >= 4 is 22.8 Å². The van der Waals surface area contributed by atoms with Crippen LogP contribution in [0.2, 0.25) is 5.02 Å². The molecule has 1 aliphatic rings. The Morgan fingerprint density at radius 2 is 2.24 bits per heavy atom. The lowest BCUT2D eigenvalue weighted by Crippen LogP contribution is -2.33. The van der Waals surface area contributed by atoms with Crippen molar-refractivity contribution < 1.29 is 0 Å². The summed E-state index contributed by atoms with van der Waals surface area (Å²) in [5.74, 6) is 1.74. The number of rotatable bonds is 2. The molecule has 0 aromatic carbocycles. The minimum absolute atomic E-state index is 0.00469. The number of fused-ring (bicyclic) bond motifs is 1. The fourth-order valence-electron chi connectivity index (χ4n) is 3.07. The van der Waals surface area contributed by atoms with E-state index in [2.05, 4.69) is 35.6 Å². The molecule has 1 N–H and O–H groups in total. The maximum atomic E-state index is 6.06. The van der Waals surface area contributed by atoms with Crippen LogP contribution in [0.4, 0.5) is 0 Å². The van der Waals surface area contributed by atoms with E-state index in [1.54, 1.807) is 6.20 Å². The van der Waals surface area contributed by atoms with Gasteiger partial charge in [0.15, 0.2) is 5.65 Å². The summed E-state index contributed by atoms with van der Waals surface area (Å²) in [7, 11) is 0. The van der Waals surface area contributed by atoms with Gasteiger partial charge in [0.1, 0.15) is 11.3 Å². The van der Waals surface area contributed by atoms with Crippen molar-refractivity contribution in [3.8, 4) is 0 Å². The largest absolute Gasteiger partial charge is 0.316 e. The van der Waals surface area contributed by atoms with E-state index in [9.17, 15) is 0 Å². The van der Waals surface area contributed by atoms with Crippen LogP contribution >= 0.6 is 11.6 Å². The third kappa shape index (κ3) is 3.06. The third-order valence-electron chi connectivity index (χ3n) is 4.06. The molecule has 5 heteroatoms. The summed E-state index contributed by atoms with van der Waals surface area (Å²) in [5.41, 5.74) is 1.85. The molecule has 21 heavy (non-hydrogen) atoms. The zero-order valence-electron chi connectivity index (χ0n) is 13.0. The second-order valence-corrected chi connectivity index (χ2v) is 7.44. The number of hydrogen-bond donors (Lipinski definition) is 1. The van der Waals surface area contributed by atoms with Gasteiger partial charge in [-0.05, 0) is 37.9 Å². The number of aromatic nitrogens is 3. The fraction of sp³-hybridized carbons (Fsp3) is 0.625. The monoisotopic (exact) mass is 306 g/mol. The first kappa shape index (κ1) is 14.8. The van der Waals surface area contributed by atoms with Crippen LogP contribution in [0.5, 0.6) is 0 Å². The zero-order chi connectivity index (χ0) is 15.0. The van der Waals surface area contributed by atoms with E-state index < -0.39 is 0 Å². The van der Waals surface area contributed by atoms with Crippen LogP contribution in [0, 0.1) is 5.92 Å². The molecular formula is C16H23ClN4. The van der Waals surface area contributed by atoms with Crippen molar-refractivity contribution in [1.29, 1.82) is 0 Å². The molecule has 1 atom stereocenters. The minimum atomic E-state index is -0.00469. The summed E-state index contributed by atoms with van der Waals surface area (Å²) in [6, 6.07) is 1.91. The van der Waals surface area contributed by atoms with Crippen molar-refractivity contribution in [1.82, 2.24) is 19.9 Å². The maximum Gasteiger partial charge on any atom is 0.160 e. The number of nitrogens with one attached hydrogen (secondary N) is 1. The van der Waals surface area contributed by atoms with Crippen LogP contribution in [-0.4, -0.2) is 27.6 Å². The molecule has 0 aliphatic carbocycles. The second-order valence-electron chi connectivity index (χ2n) is 7.00. The Morgan fingerprint density at radius 3 is 2.90 bits per heavy atom. The predicted octanol–water partition coefficient (Wildman–Crippen LogP) is 3.38. The second kappa shape index (κ2) is 5.58. The van der Waals surface area contributed by atoms with E-state index in [1.807, 2.05) is 6.07 Å². The van der Waals surface area contributed by atoms with Gasteiger partial charge < -0.3 is 9.88 Å². The smallest absolute Gasteiger partial charge is 0.160 e. The molecule has 4 nitrogen and oxygen atoms in total. The Balaban J connectivity index is 2.04. The lowest BCUT2D eigenvalue weighted by molar-refractivity contribution is 0.329. The molecule has 1 saturated heterocycles. The first-order valence-electron chi connectivity index (χ1n) is 7.68. The molecule has 3 rings (SSSR count). The number of imidazole rings is 1. The van der Waals surface area contributed by atoms with Gasteiger partial charge >= 0.3 is 0 Å². The van der Waals surface area contributed by atoms with E-state index in [4.69, 9.17) is 16.6 Å². The van der Waals surface area contributed by atoms with Crippen molar-refractivity contribution in [3.05, 3.63) is 23.1 Å². The highest BCUT2D eigenvalue weighted by Crippen LogP contribution is 2.28. The highest BCUT2D eigenvalue weighted by Gasteiger charge is 2.25. The number of nitrogens with zero attached hydrogens (tertiary/aromatic N) is 3. The van der Waals surface area contributed by atoms with Gasteiger partial charge in [-0.15, -0.1) is 0 Å². The minimum Gasteiger partial charge on any atom is -0.316 e. The third-order valence-corrected chi connectivity index (χ3v) is 4.27. The molecular weight excluding hydrogens is 284 g/mol. The summed E-state index contributed by atoms with van der Waals surface area (Å²) < 4.78 is 2.29. The highest BCUT2D eigenvalue weighted by atomic mass is 35.5. The van der Waals surface area contributed by atoms with Crippen LogP contribution in [0.15, 0.2) is 12.3 Å². The molecule has 3 heterocycles. The standard InChI is InChI=1S/C16H23ClN4/c1-16(2,3)15-20-13-7-12(17)9-19-14(13)21(15)10-11-5-4-6-18-8-11/h7,9,11,18H,4-6,8,10H2,1-3H3. The van der Waals surface area contributed by atoms with Crippen LogP contribution in [0.1, 0.15) is 39.4 Å². The Bertz CT molecular complexity index is 635. The van der Waals surface area contributed by atoms with Gasteiger partial charge in [-0.3, -0.25) is 0 Å². The molecule has 0 spiro atoms. The first-order valence-corrected chi connectivity index (χ1v) is 8.06. The Labute approximate surface area is 130 Å². The topological polar surface area (TPSA) is 42.7 Å². The number of halogens is 1. The normalized spacial score (nSPS) is 20.1. The van der Waals surface area contributed by atoms with Gasteiger partial charge in [-0.25, -0.2) is 9.97 Å². The quantitative estimate of drug-likeness (QED) is 0.925. The van der Waals surface area contributed by atoms with E-state index >= 15 is 0 Å². The van der Waals surface area contributed by atoms with E-state index in [1.165, 1.54) is 12.8 Å². The molecule has 114 valence electrons. The summed E-state index contributed by atoms with van der Waals surface area (Å²) in [6.45, 7) is 9.80. The van der Waals surface area contributed by atoms with E-state index in [0.29, 0.717) is 10.9 Å². The lowest BCUT2D eigenvalue weighted by Gasteiger charge is -2.26. The van der Waals surface area contributed by atoms with Gasteiger partial charge in [0.2, 0.25) is 0 Å². The van der Waals surface area contributed by atoms with Gasteiger partial charge in [-0.2, -0.15) is 0 Å². The van der Waals surface area contributed by atoms with Crippen molar-refractivity contribution in [2.45, 2.75) is 45.6 Å². The molecule has 1 unspecified atom stereocenters. The molecule has 0 bridgehead atoms. The summed E-state index contributed by atoms with van der Waals surface area (Å²) in [5, 5.41) is 4.13. The maximum absolute atomic E-state index is 6.06. The Morgan fingerprint density at radius 1 is 1.43 bits per heavy atom. The van der Waals surface area contributed by atoms with Crippen LogP contribution in [0.3, 0.4) is 0 Å². The van der Waals surface area contributed by atoms with Crippen molar-refractivity contribution in [2.24, 2.45) is 5.92 Å². The van der Waals surface area contributed by atoms with E-state index in [0.717, 1.165) is 36.6 Å². The van der Waals surface area contributed by atoms with Gasteiger partial charge in [0.25, 0.3) is 0 Å². The van der Waals surface area contributed by atoms with Gasteiger partial charge in [0.05, 0.1) is 5.02 Å². The van der Waals surface area contributed by atoms with Crippen molar-refractivity contribution in [3.63, 3.8) is 0 Å². The highest BCUT2D eigenvalue weighted by molar-refractivity contribution is 6.31.